The van der Waals surface area contributed by atoms with Crippen molar-refractivity contribution in [1.29, 1.82) is 0 Å². The van der Waals surface area contributed by atoms with E-state index in [1.165, 1.54) is 12.0 Å². The number of carbonyl (C=O) groups excluding carboxylic acids is 1. The summed E-state index contributed by atoms with van der Waals surface area (Å²) in [4.78, 5) is 12.1. The summed E-state index contributed by atoms with van der Waals surface area (Å²) in [5.74, 6) is 0.606. The lowest BCUT2D eigenvalue weighted by Crippen LogP contribution is -2.24. The second kappa shape index (κ2) is 6.73. The van der Waals surface area contributed by atoms with Crippen LogP contribution < -0.4 is 5.32 Å². The summed E-state index contributed by atoms with van der Waals surface area (Å²) < 4.78 is 5.53. The Kier molecular flexibility index (Phi) is 4.51. The van der Waals surface area contributed by atoms with Gasteiger partial charge in [-0.1, -0.05) is 54.2 Å². The monoisotopic (exact) mass is 299 g/mol. The molecule has 1 heterocycles. The number of carbonyl (C=O) groups is 1. The number of aryl methyl sites for hydroxylation is 1. The molecule has 0 atom stereocenters. The minimum atomic E-state index is 0.00485. The van der Waals surface area contributed by atoms with Crippen LogP contribution in [0.3, 0.4) is 0 Å². The number of nitrogens with one attached hydrogen (secondary N) is 1. The molecule has 22 heavy (non-hydrogen) atoms. The molecule has 0 radical (unpaired) electrons. The Hall–Kier alpha value is -2.17. The van der Waals surface area contributed by atoms with Crippen LogP contribution in [0.1, 0.15) is 49.1 Å². The predicted molar refractivity (Wildman–Crippen MR) is 83.5 cm³/mol. The Labute approximate surface area is 130 Å². The van der Waals surface area contributed by atoms with Gasteiger partial charge in [-0.2, -0.15) is 0 Å². The van der Waals surface area contributed by atoms with Gasteiger partial charge in [0.15, 0.2) is 0 Å². The zero-order valence-corrected chi connectivity index (χ0v) is 12.8. The van der Waals surface area contributed by atoms with Crippen LogP contribution >= 0.6 is 0 Å². The molecule has 5 nitrogen and oxygen atoms in total. The van der Waals surface area contributed by atoms with Gasteiger partial charge in [0.2, 0.25) is 11.8 Å². The maximum atomic E-state index is 12.1. The first kappa shape index (κ1) is 14.8. The third kappa shape index (κ3) is 3.72. The summed E-state index contributed by atoms with van der Waals surface area (Å²) in [5.41, 5.74) is 2.33. The molecule has 5 heteroatoms. The van der Waals surface area contributed by atoms with E-state index in [4.69, 9.17) is 4.42 Å². The van der Waals surface area contributed by atoms with Gasteiger partial charge in [0.25, 0.3) is 0 Å². The lowest BCUT2D eigenvalue weighted by atomic mass is 9.89. The molecule has 1 aliphatic rings. The summed E-state index contributed by atoms with van der Waals surface area (Å²) in [6.45, 7) is 2.05. The number of aromatic nitrogens is 2. The van der Waals surface area contributed by atoms with Crippen LogP contribution in [0.2, 0.25) is 0 Å². The molecule has 1 aromatic heterocycles. The van der Waals surface area contributed by atoms with E-state index >= 15 is 0 Å². The molecule has 2 aromatic rings. The van der Waals surface area contributed by atoms with Gasteiger partial charge in [-0.3, -0.25) is 10.1 Å². The number of anilines is 1. The third-order valence-corrected chi connectivity index (χ3v) is 4.15. The van der Waals surface area contributed by atoms with Crippen molar-refractivity contribution in [2.24, 2.45) is 5.92 Å². The predicted octanol–water partition coefficient (Wildman–Crippen LogP) is 3.49. The van der Waals surface area contributed by atoms with E-state index in [0.29, 0.717) is 12.3 Å². The Balaban J connectivity index is 1.58. The fourth-order valence-corrected chi connectivity index (χ4v) is 2.83. The van der Waals surface area contributed by atoms with Gasteiger partial charge in [-0.05, 0) is 25.3 Å². The minimum absolute atomic E-state index is 0.00485. The molecule has 1 aliphatic carbocycles. The number of hydrogen-bond donors (Lipinski definition) is 1. The molecule has 0 aliphatic heterocycles. The highest BCUT2D eigenvalue weighted by atomic mass is 16.4. The van der Waals surface area contributed by atoms with Gasteiger partial charge in [0, 0.05) is 5.92 Å². The largest absolute Gasteiger partial charge is 0.407 e. The summed E-state index contributed by atoms with van der Waals surface area (Å²) in [5, 5.41) is 10.7. The molecule has 0 bridgehead atoms. The van der Waals surface area contributed by atoms with Crippen molar-refractivity contribution in [2.45, 2.75) is 45.4 Å². The molecule has 0 unspecified atom stereocenters. The Bertz CT molecular complexity index is 628. The highest BCUT2D eigenvalue weighted by Gasteiger charge is 2.22. The highest BCUT2D eigenvalue weighted by molar-refractivity contribution is 5.90. The first-order valence-electron chi connectivity index (χ1n) is 7.89. The van der Waals surface area contributed by atoms with Crippen molar-refractivity contribution in [3.8, 4) is 0 Å². The average Bonchev–Trinajstić information content (AvgIpc) is 2.97. The molecule has 1 fully saturated rings. The van der Waals surface area contributed by atoms with Crippen LogP contribution in [-0.4, -0.2) is 16.1 Å². The standard InChI is InChI=1S/C17H21N3O2/c1-12-7-9-13(10-8-12)11-15-19-20-17(22-15)18-16(21)14-5-3-2-4-6-14/h7-10,14H,2-6,11H2,1H3,(H,18,20,21). The van der Waals surface area contributed by atoms with Gasteiger partial charge in [0.05, 0.1) is 6.42 Å². The average molecular weight is 299 g/mol. The molecule has 1 amide bonds. The van der Waals surface area contributed by atoms with Crippen molar-refractivity contribution in [3.63, 3.8) is 0 Å². The molecular formula is C17H21N3O2. The molecule has 116 valence electrons. The Morgan fingerprint density at radius 1 is 1.18 bits per heavy atom. The molecule has 1 aromatic carbocycles. The third-order valence-electron chi connectivity index (χ3n) is 4.15. The van der Waals surface area contributed by atoms with E-state index in [9.17, 15) is 4.79 Å². The minimum Gasteiger partial charge on any atom is -0.407 e. The van der Waals surface area contributed by atoms with E-state index in [2.05, 4.69) is 34.6 Å². The maximum absolute atomic E-state index is 12.1. The summed E-state index contributed by atoms with van der Waals surface area (Å²) in [7, 11) is 0. The van der Waals surface area contributed by atoms with Crippen molar-refractivity contribution >= 4 is 11.9 Å². The SMILES string of the molecule is Cc1ccc(Cc2nnc(NC(=O)C3CCCCC3)o2)cc1. The van der Waals surface area contributed by atoms with E-state index < -0.39 is 0 Å². The van der Waals surface area contributed by atoms with Crippen LogP contribution in [0, 0.1) is 12.8 Å². The number of benzene rings is 1. The number of hydrogen-bond acceptors (Lipinski definition) is 4. The number of nitrogens with zero attached hydrogens (tertiary/aromatic N) is 2. The molecule has 1 N–H and O–H groups in total. The molecule has 3 rings (SSSR count). The number of rotatable bonds is 4. The van der Waals surface area contributed by atoms with Crippen LogP contribution in [0.15, 0.2) is 28.7 Å². The van der Waals surface area contributed by atoms with Gasteiger partial charge in [0.1, 0.15) is 0 Å². The van der Waals surface area contributed by atoms with Crippen molar-refractivity contribution in [2.75, 3.05) is 5.32 Å². The van der Waals surface area contributed by atoms with Gasteiger partial charge >= 0.3 is 6.01 Å². The normalized spacial score (nSPS) is 15.7. The van der Waals surface area contributed by atoms with Crippen LogP contribution in [0.25, 0.3) is 0 Å². The second-order valence-electron chi connectivity index (χ2n) is 5.99. The molecule has 0 saturated heterocycles. The van der Waals surface area contributed by atoms with E-state index in [0.717, 1.165) is 31.2 Å². The lowest BCUT2D eigenvalue weighted by molar-refractivity contribution is -0.120. The summed E-state index contributed by atoms with van der Waals surface area (Å²) in [6.07, 6.45) is 5.96. The van der Waals surface area contributed by atoms with Crippen LogP contribution in [-0.2, 0) is 11.2 Å². The topological polar surface area (TPSA) is 68.0 Å². The zero-order chi connectivity index (χ0) is 15.4. The highest BCUT2D eigenvalue weighted by Crippen LogP contribution is 2.24. The van der Waals surface area contributed by atoms with Crippen LogP contribution in [0.5, 0.6) is 0 Å². The van der Waals surface area contributed by atoms with E-state index in [-0.39, 0.29) is 17.8 Å². The van der Waals surface area contributed by atoms with Crippen molar-refractivity contribution in [3.05, 3.63) is 41.3 Å². The smallest absolute Gasteiger partial charge is 0.322 e. The first-order valence-corrected chi connectivity index (χ1v) is 7.89. The fraction of sp³-hybridized carbons (Fsp3) is 0.471. The van der Waals surface area contributed by atoms with E-state index in [1.807, 2.05) is 12.1 Å². The number of amides is 1. The molecular weight excluding hydrogens is 278 g/mol. The summed E-state index contributed by atoms with van der Waals surface area (Å²) >= 11 is 0. The Morgan fingerprint density at radius 2 is 1.91 bits per heavy atom. The van der Waals surface area contributed by atoms with E-state index in [1.54, 1.807) is 0 Å². The van der Waals surface area contributed by atoms with Gasteiger partial charge < -0.3 is 4.42 Å². The first-order chi connectivity index (χ1) is 10.7. The van der Waals surface area contributed by atoms with Crippen LogP contribution in [0.4, 0.5) is 6.01 Å². The quantitative estimate of drug-likeness (QED) is 0.938. The van der Waals surface area contributed by atoms with Crippen molar-refractivity contribution in [1.82, 2.24) is 10.2 Å². The molecule has 1 saturated carbocycles. The fourth-order valence-electron chi connectivity index (χ4n) is 2.83. The van der Waals surface area contributed by atoms with Gasteiger partial charge in [-0.15, -0.1) is 5.10 Å². The van der Waals surface area contributed by atoms with Gasteiger partial charge in [-0.25, -0.2) is 0 Å². The summed E-state index contributed by atoms with van der Waals surface area (Å²) in [6, 6.07) is 8.40. The zero-order valence-electron chi connectivity index (χ0n) is 12.8. The Morgan fingerprint density at radius 3 is 2.64 bits per heavy atom. The second-order valence-corrected chi connectivity index (χ2v) is 5.99. The molecule has 0 spiro atoms. The maximum Gasteiger partial charge on any atom is 0.322 e. The van der Waals surface area contributed by atoms with Crippen molar-refractivity contribution < 1.29 is 9.21 Å². The lowest BCUT2D eigenvalue weighted by Gasteiger charge is -2.19.